The molecule has 0 aromatic carbocycles. The van der Waals surface area contributed by atoms with E-state index < -0.39 is 77.3 Å². The number of anilines is 1. The zero-order chi connectivity index (χ0) is 42.7. The van der Waals surface area contributed by atoms with Crippen LogP contribution in [-0.4, -0.2) is 135 Å². The predicted molar refractivity (Wildman–Crippen MR) is 213 cm³/mol. The van der Waals surface area contributed by atoms with Crippen LogP contribution in [0.3, 0.4) is 0 Å². The maximum Gasteiger partial charge on any atom is 0.316 e. The van der Waals surface area contributed by atoms with Crippen molar-refractivity contribution in [2.45, 2.75) is 135 Å². The number of ether oxygens (including phenoxy) is 5. The monoisotopic (exact) mass is 832 g/mol. The highest BCUT2D eigenvalue weighted by Crippen LogP contribution is 2.40. The second kappa shape index (κ2) is 18.8. The number of aromatic nitrogens is 3. The molecule has 3 fully saturated rings. The second-order valence-electron chi connectivity index (χ2n) is 16.6. The summed E-state index contributed by atoms with van der Waals surface area (Å²) in [6.45, 7) is 12.8. The third-order valence-corrected chi connectivity index (χ3v) is 12.5. The molecule has 2 aromatic heterocycles. The number of hydrogen-bond donors (Lipinski definition) is 3. The van der Waals surface area contributed by atoms with Crippen molar-refractivity contribution >= 4 is 39.7 Å². The quantitative estimate of drug-likeness (QED) is 0.197. The van der Waals surface area contributed by atoms with Crippen LogP contribution in [0.25, 0.3) is 10.6 Å². The maximum absolute atomic E-state index is 14.4. The summed E-state index contributed by atoms with van der Waals surface area (Å²) in [7, 11) is 3.71. The van der Waals surface area contributed by atoms with Crippen molar-refractivity contribution in [1.82, 2.24) is 20.1 Å². The summed E-state index contributed by atoms with van der Waals surface area (Å²) >= 11 is 1.24. The molecule has 13 atom stereocenters. The summed E-state index contributed by atoms with van der Waals surface area (Å²) < 4.78 is 31.9. The molecule has 2 bridgehead atoms. The fraction of sp³-hybridized carbons (Fsp3) is 0.725. The number of hydrogen-bond acceptors (Lipinski definition) is 18. The molecule has 322 valence electrons. The van der Waals surface area contributed by atoms with Gasteiger partial charge in [0.25, 0.3) is 0 Å². The van der Waals surface area contributed by atoms with E-state index in [2.05, 4.69) is 20.3 Å². The molecule has 4 N–H and O–H groups in total. The van der Waals surface area contributed by atoms with Crippen molar-refractivity contribution in [3.63, 3.8) is 0 Å². The number of esters is 1. The van der Waals surface area contributed by atoms with E-state index in [9.17, 15) is 24.6 Å². The van der Waals surface area contributed by atoms with Gasteiger partial charge in [-0.1, -0.05) is 44.2 Å². The van der Waals surface area contributed by atoms with Crippen molar-refractivity contribution in [3.8, 4) is 10.6 Å². The first kappa shape index (κ1) is 45.6. The van der Waals surface area contributed by atoms with E-state index in [1.807, 2.05) is 32.0 Å². The second-order valence-corrected chi connectivity index (χ2v) is 17.7. The van der Waals surface area contributed by atoms with Crippen LogP contribution < -0.4 is 5.73 Å². The summed E-state index contributed by atoms with van der Waals surface area (Å²) in [5.74, 6) is -5.53. The number of carbonyl (C=O) groups excluding carboxylic acids is 3. The van der Waals surface area contributed by atoms with Crippen molar-refractivity contribution in [2.75, 3.05) is 33.0 Å². The first-order valence-corrected chi connectivity index (χ1v) is 20.7. The number of nitrogens with zero attached hydrogens (tertiary/aromatic N) is 5. The van der Waals surface area contributed by atoms with Gasteiger partial charge in [0, 0.05) is 35.6 Å². The molecule has 58 heavy (non-hydrogen) atoms. The SMILES string of the molecule is CC[C@H]1OC(=O)[C@H](C)C(=O)[C@H](C)[C@@H](O[C@@H]2O[C@H](C)C[C@H](N(C)C)[C@H]2O)[C@@]2(C)C[C@@H](C)C(=O)[C@H](C)[C@H](OC/C(=N\OCc3ccc(-c4nnc(N)s4)cn3)CO2)[C@]1(C)O. The van der Waals surface area contributed by atoms with E-state index in [1.54, 1.807) is 46.9 Å². The number of Topliss-reactive ketones (excluding diaryl/α,β-unsaturated/α-hetero) is 2. The van der Waals surface area contributed by atoms with E-state index in [-0.39, 0.29) is 56.3 Å². The number of pyridine rings is 1. The fourth-order valence-electron chi connectivity index (χ4n) is 8.38. The van der Waals surface area contributed by atoms with Crippen molar-refractivity contribution < 1.29 is 53.1 Å². The summed E-state index contributed by atoms with van der Waals surface area (Å²) in [4.78, 5) is 54.7. The number of carbonyl (C=O) groups is 3. The summed E-state index contributed by atoms with van der Waals surface area (Å²) in [5, 5.41) is 37.0. The molecule has 17 nitrogen and oxygen atoms in total. The molecule has 3 aliphatic rings. The van der Waals surface area contributed by atoms with Gasteiger partial charge in [-0.3, -0.25) is 19.4 Å². The Morgan fingerprint density at radius 2 is 1.78 bits per heavy atom. The van der Waals surface area contributed by atoms with Crippen LogP contribution in [0.4, 0.5) is 5.13 Å². The molecule has 2 aromatic rings. The number of cyclic esters (lactones) is 1. The molecule has 3 aliphatic heterocycles. The Kier molecular flexibility index (Phi) is 14.8. The van der Waals surface area contributed by atoms with E-state index in [0.717, 1.165) is 5.56 Å². The average molecular weight is 833 g/mol. The number of oxime groups is 1. The van der Waals surface area contributed by atoms with Gasteiger partial charge in [0.05, 0.1) is 42.8 Å². The average Bonchev–Trinajstić information content (AvgIpc) is 3.62. The van der Waals surface area contributed by atoms with E-state index >= 15 is 0 Å². The van der Waals surface area contributed by atoms with Crippen LogP contribution in [0.5, 0.6) is 0 Å². The lowest BCUT2D eigenvalue weighted by Crippen LogP contribution is -2.60. The lowest BCUT2D eigenvalue weighted by atomic mass is 9.74. The molecule has 0 saturated carbocycles. The Bertz CT molecular complexity index is 1770. The highest BCUT2D eigenvalue weighted by molar-refractivity contribution is 7.18. The molecule has 0 aliphatic carbocycles. The summed E-state index contributed by atoms with van der Waals surface area (Å²) in [6, 6.07) is 3.25. The van der Waals surface area contributed by atoms with E-state index in [0.29, 0.717) is 22.3 Å². The maximum atomic E-state index is 14.4. The topological polar surface area (TPSA) is 227 Å². The number of fused-ring (bicyclic) bond motifs is 5. The van der Waals surface area contributed by atoms with Gasteiger partial charge in [-0.15, -0.1) is 10.2 Å². The number of rotatable bonds is 8. The number of aliphatic hydroxyl groups excluding tert-OH is 1. The largest absolute Gasteiger partial charge is 0.459 e. The Labute approximate surface area is 343 Å². The molecule has 5 heterocycles. The number of nitrogen functional groups attached to an aromatic ring is 1. The fourth-order valence-corrected chi connectivity index (χ4v) is 8.98. The molecule has 0 unspecified atom stereocenters. The van der Waals surface area contributed by atoms with E-state index in [1.165, 1.54) is 25.2 Å². The minimum Gasteiger partial charge on any atom is -0.459 e. The summed E-state index contributed by atoms with van der Waals surface area (Å²) in [6.07, 6.45) is -3.74. The molecular weight excluding hydrogens is 773 g/mol. The van der Waals surface area contributed by atoms with Gasteiger partial charge in [-0.25, -0.2) is 0 Å². The van der Waals surface area contributed by atoms with Crippen LogP contribution in [0.1, 0.15) is 80.3 Å². The van der Waals surface area contributed by atoms with Crippen LogP contribution in [0.2, 0.25) is 0 Å². The molecule has 5 rings (SSSR count). The highest BCUT2D eigenvalue weighted by atomic mass is 32.1. The van der Waals surface area contributed by atoms with Gasteiger partial charge in [0.1, 0.15) is 35.2 Å². The first-order valence-electron chi connectivity index (χ1n) is 19.9. The van der Waals surface area contributed by atoms with Crippen LogP contribution in [0.15, 0.2) is 23.5 Å². The zero-order valence-electron chi connectivity index (χ0n) is 35.1. The summed E-state index contributed by atoms with van der Waals surface area (Å²) in [5.41, 5.74) is 3.96. The van der Waals surface area contributed by atoms with Gasteiger partial charge in [-0.05, 0) is 73.2 Å². The lowest BCUT2D eigenvalue weighted by Gasteiger charge is -2.47. The van der Waals surface area contributed by atoms with Crippen molar-refractivity contribution in [1.29, 1.82) is 0 Å². The molecule has 0 spiro atoms. The number of aliphatic hydroxyl groups is 2. The number of ketones is 2. The Hall–Kier alpha value is -3.49. The normalized spacial score (nSPS) is 37.8. The van der Waals surface area contributed by atoms with Crippen molar-refractivity contribution in [3.05, 3.63) is 24.0 Å². The Morgan fingerprint density at radius 3 is 2.40 bits per heavy atom. The first-order chi connectivity index (χ1) is 27.3. The smallest absolute Gasteiger partial charge is 0.316 e. The Morgan fingerprint density at radius 1 is 1.05 bits per heavy atom. The molecule has 18 heteroatoms. The minimum absolute atomic E-state index is 0.0302. The molecular formula is C40H60N6O11S. The van der Waals surface area contributed by atoms with Gasteiger partial charge in [0.15, 0.2) is 23.7 Å². The van der Waals surface area contributed by atoms with Crippen LogP contribution >= 0.6 is 11.3 Å². The van der Waals surface area contributed by atoms with E-state index in [4.69, 9.17) is 34.3 Å². The highest BCUT2D eigenvalue weighted by Gasteiger charge is 2.53. The van der Waals surface area contributed by atoms with Gasteiger partial charge in [-0.2, -0.15) is 0 Å². The van der Waals surface area contributed by atoms with Gasteiger partial charge >= 0.3 is 5.97 Å². The molecule has 0 amide bonds. The van der Waals surface area contributed by atoms with Crippen LogP contribution in [-0.2, 0) is 49.5 Å². The third-order valence-electron chi connectivity index (χ3n) is 11.7. The van der Waals surface area contributed by atoms with Gasteiger partial charge < -0.3 is 49.4 Å². The van der Waals surface area contributed by atoms with Crippen LogP contribution in [0, 0.1) is 23.7 Å². The molecule has 0 radical (unpaired) electrons. The van der Waals surface area contributed by atoms with Gasteiger partial charge in [0.2, 0.25) is 5.13 Å². The van der Waals surface area contributed by atoms with Crippen molar-refractivity contribution in [2.24, 2.45) is 28.8 Å². The number of likely N-dealkylation sites (N-methyl/N-ethyl adjacent to an activating group) is 1. The standard InChI is InChI=1S/C40H60N6O11S/c1-11-29-40(8,51)34-22(4)30(47)20(2)15-39(7,53-18-27(17-52-34)45-54-19-26-13-12-25(16-42-26)35-43-44-38(41)58-35)33(23(5)31(48)24(6)36(50)56-29)57-37-32(49)28(46(9)10)14-21(3)55-37/h12-13,16,20-24,28-29,32-34,37,49,51H,11,14-15,17-19H2,1-10H3,(H2,41,44)/b45-27+/t20-,21-,22+,23+,24-,28+,29-,32-,33-,34+,37+,39-,40-/m1/s1. The minimum atomic E-state index is -1.88. The zero-order valence-corrected chi connectivity index (χ0v) is 35.9. The number of nitrogens with two attached hydrogens (primary N) is 1. The lowest BCUT2D eigenvalue weighted by molar-refractivity contribution is -0.296. The molecule has 3 saturated heterocycles. The Balaban J connectivity index is 1.57. The third kappa shape index (κ3) is 10.1. The predicted octanol–water partition coefficient (Wildman–Crippen LogP) is 3.20.